The van der Waals surface area contributed by atoms with Crippen LogP contribution in [0.4, 0.5) is 13.2 Å². The van der Waals surface area contributed by atoms with E-state index in [9.17, 15) is 18.0 Å². The molecule has 0 atom stereocenters. The average molecular weight is 358 g/mol. The second-order valence-corrected chi connectivity index (χ2v) is 5.54. The molecule has 0 aliphatic carbocycles. The number of hydrogen-bond acceptors (Lipinski definition) is 2. The van der Waals surface area contributed by atoms with E-state index < -0.39 is 11.7 Å². The van der Waals surface area contributed by atoms with Gasteiger partial charge < -0.3 is 9.64 Å². The van der Waals surface area contributed by atoms with E-state index >= 15 is 0 Å². The Morgan fingerprint density at radius 1 is 1.17 bits per heavy atom. The fourth-order valence-electron chi connectivity index (χ4n) is 1.98. The van der Waals surface area contributed by atoms with Crippen molar-refractivity contribution in [1.82, 2.24) is 4.90 Å². The Morgan fingerprint density at radius 2 is 1.83 bits per heavy atom. The largest absolute Gasteiger partial charge is 0.492 e. The predicted octanol–water partition coefficient (Wildman–Crippen LogP) is 4.51. The molecule has 0 N–H and O–H groups in total. The Hall–Kier alpha value is -2.21. The van der Waals surface area contributed by atoms with Crippen molar-refractivity contribution in [2.45, 2.75) is 6.18 Å². The summed E-state index contributed by atoms with van der Waals surface area (Å²) in [5.74, 6) is 0.205. The van der Waals surface area contributed by atoms with E-state index in [2.05, 4.69) is 0 Å². The van der Waals surface area contributed by atoms with Crippen LogP contribution in [-0.4, -0.2) is 31.0 Å². The third-order valence-corrected chi connectivity index (χ3v) is 3.53. The van der Waals surface area contributed by atoms with Crippen LogP contribution < -0.4 is 4.74 Å². The first-order valence-corrected chi connectivity index (χ1v) is 7.46. The lowest BCUT2D eigenvalue weighted by Crippen LogP contribution is -2.30. The summed E-state index contributed by atoms with van der Waals surface area (Å²) in [5, 5.41) is 0.543. The topological polar surface area (TPSA) is 29.5 Å². The van der Waals surface area contributed by atoms with Crippen molar-refractivity contribution >= 4 is 17.5 Å². The van der Waals surface area contributed by atoms with E-state index in [1.807, 2.05) is 0 Å². The molecule has 0 aliphatic heterocycles. The molecule has 128 valence electrons. The molecule has 0 unspecified atom stereocenters. The highest BCUT2D eigenvalue weighted by Gasteiger charge is 2.30. The van der Waals surface area contributed by atoms with E-state index in [0.29, 0.717) is 10.8 Å². The minimum absolute atomic E-state index is 0.188. The van der Waals surface area contributed by atoms with Gasteiger partial charge in [0.25, 0.3) is 5.91 Å². The lowest BCUT2D eigenvalue weighted by atomic mass is 10.1. The summed E-state index contributed by atoms with van der Waals surface area (Å²) < 4.78 is 43.0. The summed E-state index contributed by atoms with van der Waals surface area (Å²) in [7, 11) is 1.56. The van der Waals surface area contributed by atoms with Gasteiger partial charge in [-0.3, -0.25) is 4.79 Å². The van der Waals surface area contributed by atoms with Crippen LogP contribution in [0.15, 0.2) is 48.5 Å². The van der Waals surface area contributed by atoms with Crippen molar-refractivity contribution < 1.29 is 22.7 Å². The van der Waals surface area contributed by atoms with Crippen molar-refractivity contribution in [2.24, 2.45) is 0 Å². The molecular weight excluding hydrogens is 343 g/mol. The van der Waals surface area contributed by atoms with E-state index in [0.717, 1.165) is 12.1 Å². The summed E-state index contributed by atoms with van der Waals surface area (Å²) in [6.45, 7) is 0.523. The fraction of sp³-hybridized carbons (Fsp3) is 0.235. The summed E-state index contributed by atoms with van der Waals surface area (Å²) in [6.07, 6.45) is -4.42. The first-order chi connectivity index (χ1) is 11.3. The normalized spacial score (nSPS) is 11.2. The van der Waals surface area contributed by atoms with Crippen LogP contribution >= 0.6 is 11.6 Å². The van der Waals surface area contributed by atoms with Crippen molar-refractivity contribution in [1.29, 1.82) is 0 Å². The number of rotatable bonds is 5. The quantitative estimate of drug-likeness (QED) is 0.788. The van der Waals surface area contributed by atoms with Crippen LogP contribution in [0.25, 0.3) is 0 Å². The van der Waals surface area contributed by atoms with Crippen LogP contribution in [0.2, 0.25) is 5.02 Å². The minimum atomic E-state index is -4.42. The molecule has 3 nitrogen and oxygen atoms in total. The Balaban J connectivity index is 1.90. The molecule has 0 saturated heterocycles. The number of halogens is 4. The number of alkyl halides is 3. The van der Waals surface area contributed by atoms with Gasteiger partial charge in [0.2, 0.25) is 0 Å². The molecule has 1 amide bonds. The second kappa shape index (κ2) is 7.57. The van der Waals surface area contributed by atoms with Crippen molar-refractivity contribution in [2.75, 3.05) is 20.2 Å². The van der Waals surface area contributed by atoms with Crippen molar-refractivity contribution in [3.05, 3.63) is 64.7 Å². The smallest absolute Gasteiger partial charge is 0.416 e. The molecule has 0 aromatic heterocycles. The second-order valence-electron chi connectivity index (χ2n) is 5.11. The molecule has 24 heavy (non-hydrogen) atoms. The van der Waals surface area contributed by atoms with Gasteiger partial charge in [0.1, 0.15) is 12.4 Å². The number of hydrogen-bond donors (Lipinski definition) is 0. The first kappa shape index (κ1) is 18.1. The Morgan fingerprint density at radius 3 is 2.42 bits per heavy atom. The number of carbonyl (C=O) groups excluding carboxylic acids is 1. The molecule has 0 heterocycles. The van der Waals surface area contributed by atoms with Gasteiger partial charge in [-0.05, 0) is 42.5 Å². The molecule has 0 radical (unpaired) electrons. The zero-order valence-electron chi connectivity index (χ0n) is 12.8. The van der Waals surface area contributed by atoms with Gasteiger partial charge in [-0.2, -0.15) is 13.2 Å². The van der Waals surface area contributed by atoms with Gasteiger partial charge in [-0.1, -0.05) is 17.7 Å². The van der Waals surface area contributed by atoms with E-state index in [1.54, 1.807) is 31.3 Å². The zero-order valence-corrected chi connectivity index (χ0v) is 13.6. The highest BCUT2D eigenvalue weighted by molar-refractivity contribution is 6.30. The lowest BCUT2D eigenvalue weighted by molar-refractivity contribution is -0.137. The molecule has 0 bridgehead atoms. The highest BCUT2D eigenvalue weighted by atomic mass is 35.5. The standard InChI is InChI=1S/C17H15ClF3NO2/c1-22(9-10-24-15-4-2-3-14(18)11-15)16(23)12-5-7-13(8-6-12)17(19,20)21/h2-8,11H,9-10H2,1H3. The molecule has 2 aromatic rings. The number of likely N-dealkylation sites (N-methyl/N-ethyl adjacent to an activating group) is 1. The third kappa shape index (κ3) is 4.89. The molecule has 0 fully saturated rings. The molecule has 0 aliphatic rings. The number of ether oxygens (including phenoxy) is 1. The van der Waals surface area contributed by atoms with Gasteiger partial charge >= 0.3 is 6.18 Å². The molecule has 7 heteroatoms. The van der Waals surface area contributed by atoms with Crippen LogP contribution in [0, 0.1) is 0 Å². The maximum atomic E-state index is 12.5. The molecular formula is C17H15ClF3NO2. The summed E-state index contributed by atoms with van der Waals surface area (Å²) in [6, 6.07) is 11.0. The SMILES string of the molecule is CN(CCOc1cccc(Cl)c1)C(=O)c1ccc(C(F)(F)F)cc1. The third-order valence-electron chi connectivity index (χ3n) is 3.30. The Bertz CT molecular complexity index is 702. The fourth-order valence-corrected chi connectivity index (χ4v) is 2.16. The maximum Gasteiger partial charge on any atom is 0.416 e. The van der Waals surface area contributed by atoms with E-state index in [4.69, 9.17) is 16.3 Å². The van der Waals surface area contributed by atoms with Gasteiger partial charge in [0.05, 0.1) is 12.1 Å². The molecule has 2 aromatic carbocycles. The van der Waals surface area contributed by atoms with Gasteiger partial charge in [0, 0.05) is 17.6 Å². The van der Waals surface area contributed by atoms with Crippen molar-refractivity contribution in [3.8, 4) is 5.75 Å². The predicted molar refractivity (Wildman–Crippen MR) is 85.4 cm³/mol. The first-order valence-electron chi connectivity index (χ1n) is 7.08. The summed E-state index contributed by atoms with van der Waals surface area (Å²) in [4.78, 5) is 13.6. The maximum absolute atomic E-state index is 12.5. The van der Waals surface area contributed by atoms with E-state index in [1.165, 1.54) is 17.0 Å². The molecule has 0 spiro atoms. The minimum Gasteiger partial charge on any atom is -0.492 e. The van der Waals surface area contributed by atoms with Crippen molar-refractivity contribution in [3.63, 3.8) is 0 Å². The van der Waals surface area contributed by atoms with Gasteiger partial charge in [-0.15, -0.1) is 0 Å². The zero-order chi connectivity index (χ0) is 17.7. The molecule has 0 saturated carbocycles. The van der Waals surface area contributed by atoms with Crippen LogP contribution in [0.5, 0.6) is 5.75 Å². The van der Waals surface area contributed by atoms with Crippen LogP contribution in [0.1, 0.15) is 15.9 Å². The monoisotopic (exact) mass is 357 g/mol. The van der Waals surface area contributed by atoms with E-state index in [-0.39, 0.29) is 24.6 Å². The number of nitrogens with zero attached hydrogens (tertiary/aromatic N) is 1. The van der Waals surface area contributed by atoms with Crippen LogP contribution in [-0.2, 0) is 6.18 Å². The summed E-state index contributed by atoms with van der Waals surface area (Å²) >= 11 is 5.84. The number of benzene rings is 2. The lowest BCUT2D eigenvalue weighted by Gasteiger charge is -2.18. The average Bonchev–Trinajstić information content (AvgIpc) is 2.53. The Labute approximate surface area is 142 Å². The number of carbonyl (C=O) groups is 1. The molecule has 2 rings (SSSR count). The van der Waals surface area contributed by atoms with Gasteiger partial charge in [0.15, 0.2) is 0 Å². The Kier molecular flexibility index (Phi) is 5.72. The van der Waals surface area contributed by atoms with Gasteiger partial charge in [-0.25, -0.2) is 0 Å². The van der Waals surface area contributed by atoms with Crippen LogP contribution in [0.3, 0.4) is 0 Å². The summed E-state index contributed by atoms with van der Waals surface area (Å²) in [5.41, 5.74) is -0.598. The highest BCUT2D eigenvalue weighted by Crippen LogP contribution is 2.29. The number of amides is 1.